The van der Waals surface area contributed by atoms with E-state index < -0.39 is 5.82 Å². The van der Waals surface area contributed by atoms with Gasteiger partial charge in [0.2, 0.25) is 0 Å². The first-order chi connectivity index (χ1) is 19.9. The van der Waals surface area contributed by atoms with Gasteiger partial charge in [0.15, 0.2) is 0 Å². The molecule has 41 heavy (non-hydrogen) atoms. The van der Waals surface area contributed by atoms with Crippen LogP contribution in [0, 0.1) is 29.5 Å². The van der Waals surface area contributed by atoms with Gasteiger partial charge in [-0.25, -0.2) is 9.38 Å². The van der Waals surface area contributed by atoms with Crippen LogP contribution in [0.1, 0.15) is 74.5 Å². The lowest BCUT2D eigenvalue weighted by molar-refractivity contribution is 0.227. The second-order valence-corrected chi connectivity index (χ2v) is 12.8. The molecule has 2 unspecified atom stereocenters. The first-order valence-electron chi connectivity index (χ1n) is 14.8. The zero-order valence-electron chi connectivity index (χ0n) is 23.9. The maximum absolute atomic E-state index is 15.1. The highest BCUT2D eigenvalue weighted by Crippen LogP contribution is 2.48. The first kappa shape index (κ1) is 27.8. The van der Waals surface area contributed by atoms with E-state index in [2.05, 4.69) is 57.4 Å². The fourth-order valence-corrected chi connectivity index (χ4v) is 6.87. The number of halogens is 1. The lowest BCUT2D eigenvalue weighted by Gasteiger charge is -2.34. The first-order valence-corrected chi connectivity index (χ1v) is 15.4. The van der Waals surface area contributed by atoms with E-state index in [0.717, 1.165) is 89.6 Å². The molecule has 0 spiro atoms. The highest BCUT2D eigenvalue weighted by molar-refractivity contribution is 7.26. The molecule has 0 radical (unpaired) electrons. The zero-order valence-corrected chi connectivity index (χ0v) is 25.1. The van der Waals surface area contributed by atoms with Gasteiger partial charge in [-0.15, -0.1) is 22.2 Å². The number of allylic oxidation sites excluding steroid dienone is 2. The molecule has 0 bridgehead atoms. The molecule has 1 saturated heterocycles. The summed E-state index contributed by atoms with van der Waals surface area (Å²) in [5.74, 6) is 4.14. The smallest absolute Gasteiger partial charge is 0.139 e. The predicted molar refractivity (Wildman–Crippen MR) is 174 cm³/mol. The van der Waals surface area contributed by atoms with Gasteiger partial charge in [0, 0.05) is 47.5 Å². The molecule has 2 aromatic carbocycles. The number of hydrogen-bond acceptors (Lipinski definition) is 4. The van der Waals surface area contributed by atoms with Crippen molar-refractivity contribution in [2.24, 2.45) is 26.3 Å². The van der Waals surface area contributed by atoms with Crippen molar-refractivity contribution in [1.29, 1.82) is 0 Å². The highest BCUT2D eigenvalue weighted by Gasteiger charge is 2.39. The lowest BCUT2D eigenvalue weighted by Crippen LogP contribution is -2.35. The van der Waals surface area contributed by atoms with Crippen molar-refractivity contribution in [2.45, 2.75) is 57.8 Å². The van der Waals surface area contributed by atoms with Gasteiger partial charge in [0.1, 0.15) is 11.6 Å². The van der Waals surface area contributed by atoms with E-state index in [0.29, 0.717) is 18.4 Å². The molecule has 4 aliphatic rings. The minimum atomic E-state index is -0.392. The van der Waals surface area contributed by atoms with Crippen molar-refractivity contribution in [3.63, 3.8) is 0 Å². The van der Waals surface area contributed by atoms with Crippen molar-refractivity contribution in [1.82, 2.24) is 4.90 Å². The van der Waals surface area contributed by atoms with E-state index in [1.54, 1.807) is 0 Å². The fraction of sp³-hybridized carbons (Fsp3) is 0.400. The Hall–Kier alpha value is -3.35. The number of aliphatic imine (C=N–C) groups is 3. The fourth-order valence-electron chi connectivity index (χ4n) is 6.40. The van der Waals surface area contributed by atoms with E-state index in [9.17, 15) is 0 Å². The van der Waals surface area contributed by atoms with Gasteiger partial charge in [0.25, 0.3) is 0 Å². The summed E-state index contributed by atoms with van der Waals surface area (Å²) < 4.78 is 15.1. The van der Waals surface area contributed by atoms with Gasteiger partial charge in [-0.05, 0) is 80.2 Å². The van der Waals surface area contributed by atoms with Crippen LogP contribution in [-0.4, -0.2) is 43.2 Å². The van der Waals surface area contributed by atoms with Crippen LogP contribution in [0.3, 0.4) is 0 Å². The number of fused-ring (bicyclic) bond motifs is 1. The molecule has 3 fully saturated rings. The molecule has 2 aromatic rings. The van der Waals surface area contributed by atoms with Gasteiger partial charge in [-0.2, -0.15) is 0 Å². The molecule has 2 heterocycles. The molecular formula is C35H38FN4P. The summed E-state index contributed by atoms with van der Waals surface area (Å²) in [5.41, 5.74) is 4.92. The van der Waals surface area contributed by atoms with Crippen molar-refractivity contribution in [2.75, 3.05) is 19.6 Å². The minimum absolute atomic E-state index is 0.0514. The lowest BCUT2D eigenvalue weighted by atomic mass is 9.78. The van der Waals surface area contributed by atoms with Crippen LogP contribution >= 0.6 is 9.24 Å². The Morgan fingerprint density at radius 2 is 2.07 bits per heavy atom. The SMILES string of the molecule is C#Cc1c(F)ccc2cc(C3CCC3)cc(C3=C(P)C(=NCC4(C=C)CC4)/C(=C(\N=C)N4CCCC(C)C4)C=N3)c12. The Morgan fingerprint density at radius 3 is 2.71 bits per heavy atom. The maximum atomic E-state index is 15.1. The van der Waals surface area contributed by atoms with Gasteiger partial charge in [0.05, 0.1) is 22.5 Å². The van der Waals surface area contributed by atoms with Crippen LogP contribution < -0.4 is 0 Å². The number of likely N-dealkylation sites (tertiary alicyclic amines) is 1. The molecule has 2 atom stereocenters. The summed E-state index contributed by atoms with van der Waals surface area (Å²) >= 11 is 0. The van der Waals surface area contributed by atoms with Crippen LogP contribution in [0.4, 0.5) is 4.39 Å². The molecule has 0 amide bonds. The Kier molecular flexibility index (Phi) is 7.56. The van der Waals surface area contributed by atoms with Crippen LogP contribution in [-0.2, 0) is 0 Å². The van der Waals surface area contributed by atoms with Gasteiger partial charge < -0.3 is 4.90 Å². The summed E-state index contributed by atoms with van der Waals surface area (Å²) in [6.07, 6.45) is 17.9. The van der Waals surface area contributed by atoms with E-state index in [1.807, 2.05) is 18.4 Å². The monoisotopic (exact) mass is 564 g/mol. The quantitative estimate of drug-likeness (QED) is 0.146. The van der Waals surface area contributed by atoms with Crippen LogP contribution in [0.5, 0.6) is 0 Å². The van der Waals surface area contributed by atoms with Gasteiger partial charge in [-0.1, -0.05) is 37.5 Å². The van der Waals surface area contributed by atoms with Crippen LogP contribution in [0.25, 0.3) is 16.5 Å². The number of rotatable bonds is 7. The third-order valence-corrected chi connectivity index (χ3v) is 9.92. The van der Waals surface area contributed by atoms with E-state index in [1.165, 1.54) is 24.5 Å². The molecule has 4 nitrogen and oxygen atoms in total. The normalized spacial score (nSPS) is 24.3. The third-order valence-electron chi connectivity index (χ3n) is 9.38. The van der Waals surface area contributed by atoms with E-state index in [-0.39, 0.29) is 11.0 Å². The molecule has 210 valence electrons. The largest absolute Gasteiger partial charge is 0.356 e. The number of nitrogens with zero attached hydrogens (tertiary/aromatic N) is 4. The summed E-state index contributed by atoms with van der Waals surface area (Å²) in [5, 5.41) is 2.54. The minimum Gasteiger partial charge on any atom is -0.356 e. The van der Waals surface area contributed by atoms with Gasteiger partial charge in [-0.3, -0.25) is 9.98 Å². The Bertz CT molecular complexity index is 1600. The molecular weight excluding hydrogens is 526 g/mol. The predicted octanol–water partition coefficient (Wildman–Crippen LogP) is 7.91. The van der Waals surface area contributed by atoms with Crippen molar-refractivity contribution in [3.05, 3.63) is 76.1 Å². The summed E-state index contributed by atoms with van der Waals surface area (Å²) in [4.78, 5) is 17.1. The topological polar surface area (TPSA) is 40.3 Å². The second-order valence-electron chi connectivity index (χ2n) is 12.2. The average molecular weight is 565 g/mol. The van der Waals surface area contributed by atoms with Crippen molar-refractivity contribution < 1.29 is 4.39 Å². The average Bonchev–Trinajstić information content (AvgIpc) is 3.72. The molecule has 0 N–H and O–H groups in total. The van der Waals surface area contributed by atoms with Crippen LogP contribution in [0.2, 0.25) is 0 Å². The Labute approximate surface area is 245 Å². The number of terminal acetylenes is 1. The second kappa shape index (κ2) is 11.1. The molecule has 2 saturated carbocycles. The van der Waals surface area contributed by atoms with Gasteiger partial charge >= 0.3 is 0 Å². The molecule has 2 aliphatic carbocycles. The Morgan fingerprint density at radius 1 is 1.27 bits per heavy atom. The van der Waals surface area contributed by atoms with Crippen molar-refractivity contribution in [3.8, 4) is 12.3 Å². The van der Waals surface area contributed by atoms with Crippen LogP contribution in [0.15, 0.2) is 68.6 Å². The molecule has 6 rings (SSSR count). The summed E-state index contributed by atoms with van der Waals surface area (Å²) in [6, 6.07) is 7.68. The maximum Gasteiger partial charge on any atom is 0.139 e. The van der Waals surface area contributed by atoms with E-state index in [4.69, 9.17) is 16.4 Å². The number of benzene rings is 2. The number of piperidine rings is 1. The van der Waals surface area contributed by atoms with E-state index >= 15 is 4.39 Å². The van der Waals surface area contributed by atoms with Crippen molar-refractivity contribution >= 4 is 44.4 Å². The highest BCUT2D eigenvalue weighted by atomic mass is 31.0. The molecule has 0 aromatic heterocycles. The summed E-state index contributed by atoms with van der Waals surface area (Å²) in [6.45, 7) is 12.8. The standard InChI is InChI=1S/C35H38FN4P/c1-5-26-29(36)13-12-24-17-25(23-10-7-11-23)18-27(30(24)26)31-33(41)32(39-21-35(6-2)14-15-35)28(19-38-31)34(37-4)40-16-8-9-22(3)20-40/h1,6,12-13,17-19,22-23H,2,4,7-11,14-16,20-21,41H2,3H3/b34-28+,39-32?. The summed E-state index contributed by atoms with van der Waals surface area (Å²) in [7, 11) is 2.90. The third kappa shape index (κ3) is 5.13. The number of hydrogen-bond donors (Lipinski definition) is 0. The molecule has 2 aliphatic heterocycles. The zero-order chi connectivity index (χ0) is 28.7. The molecule has 6 heteroatoms. The Balaban J connectivity index is 1.56.